The van der Waals surface area contributed by atoms with Gasteiger partial charge in [-0.2, -0.15) is 13.2 Å². The van der Waals surface area contributed by atoms with Crippen LogP contribution in [0.3, 0.4) is 0 Å². The fraction of sp³-hybridized carbons (Fsp3) is 0.571. The Labute approximate surface area is 129 Å². The number of benzene rings is 1. The average Bonchev–Trinajstić information content (AvgIpc) is 2.36. The Kier molecular flexibility index (Phi) is 5.14. The van der Waals surface area contributed by atoms with Gasteiger partial charge in [-0.1, -0.05) is 0 Å². The summed E-state index contributed by atoms with van der Waals surface area (Å²) in [5, 5.41) is 3.23. The van der Waals surface area contributed by atoms with Gasteiger partial charge in [-0.25, -0.2) is 4.39 Å². The third-order valence-electron chi connectivity index (χ3n) is 3.62. The number of piperidine rings is 1. The molecule has 0 unspecified atom stereocenters. The van der Waals surface area contributed by atoms with E-state index < -0.39 is 12.7 Å². The molecule has 1 fully saturated rings. The first-order chi connectivity index (χ1) is 9.74. The first-order valence-corrected chi connectivity index (χ1v) is 7.55. The number of halogens is 5. The van der Waals surface area contributed by atoms with Crippen LogP contribution in [0.4, 0.5) is 23.2 Å². The number of rotatable bonds is 3. The van der Waals surface area contributed by atoms with Gasteiger partial charge in [0.05, 0.1) is 11.0 Å². The molecule has 0 saturated carbocycles. The van der Waals surface area contributed by atoms with Crippen molar-refractivity contribution in [1.29, 1.82) is 0 Å². The van der Waals surface area contributed by atoms with Crippen molar-refractivity contribution in [2.45, 2.75) is 32.0 Å². The van der Waals surface area contributed by atoms with E-state index >= 15 is 0 Å². The number of aryl methyl sites for hydroxylation is 1. The first-order valence-electron chi connectivity index (χ1n) is 6.76. The van der Waals surface area contributed by atoms with E-state index in [0.717, 1.165) is 5.56 Å². The highest BCUT2D eigenvalue weighted by atomic mass is 79.9. The van der Waals surface area contributed by atoms with Crippen molar-refractivity contribution in [3.05, 3.63) is 28.0 Å². The van der Waals surface area contributed by atoms with Crippen molar-refractivity contribution >= 4 is 21.6 Å². The number of anilines is 1. The van der Waals surface area contributed by atoms with Crippen molar-refractivity contribution < 1.29 is 17.6 Å². The van der Waals surface area contributed by atoms with Gasteiger partial charge in [0, 0.05) is 24.8 Å². The maximum atomic E-state index is 13.5. The number of nitrogens with one attached hydrogen (secondary N) is 1. The van der Waals surface area contributed by atoms with Crippen molar-refractivity contribution in [2.75, 3.05) is 25.0 Å². The van der Waals surface area contributed by atoms with Gasteiger partial charge in [0.2, 0.25) is 0 Å². The lowest BCUT2D eigenvalue weighted by molar-refractivity contribution is -0.147. The Hall–Kier alpha value is -0.820. The molecule has 2 nitrogen and oxygen atoms in total. The molecule has 1 aliphatic heterocycles. The number of alkyl halides is 3. The summed E-state index contributed by atoms with van der Waals surface area (Å²) in [6.45, 7) is 1.81. The second kappa shape index (κ2) is 6.52. The van der Waals surface area contributed by atoms with Crippen LogP contribution in [-0.4, -0.2) is 36.8 Å². The first kappa shape index (κ1) is 16.5. The molecule has 21 heavy (non-hydrogen) atoms. The molecule has 0 amide bonds. The minimum atomic E-state index is -4.15. The summed E-state index contributed by atoms with van der Waals surface area (Å²) in [6, 6.07) is 3.19. The number of nitrogens with zero attached hydrogens (tertiary/aromatic N) is 1. The third-order valence-corrected chi connectivity index (χ3v) is 4.23. The molecular weight excluding hydrogens is 352 g/mol. The topological polar surface area (TPSA) is 15.3 Å². The maximum absolute atomic E-state index is 13.5. The van der Waals surface area contributed by atoms with Gasteiger partial charge in [0.15, 0.2) is 0 Å². The van der Waals surface area contributed by atoms with Crippen LogP contribution < -0.4 is 5.32 Å². The lowest BCUT2D eigenvalue weighted by Crippen LogP contribution is -2.43. The molecule has 0 bridgehead atoms. The van der Waals surface area contributed by atoms with Crippen molar-refractivity contribution in [3.8, 4) is 0 Å². The molecule has 1 heterocycles. The molecule has 1 aromatic carbocycles. The van der Waals surface area contributed by atoms with Crippen LogP contribution in [0.5, 0.6) is 0 Å². The summed E-state index contributed by atoms with van der Waals surface area (Å²) in [7, 11) is 0. The molecule has 0 aromatic heterocycles. The number of hydrogen-bond acceptors (Lipinski definition) is 2. The number of hydrogen-bond donors (Lipinski definition) is 1. The molecule has 1 aliphatic rings. The van der Waals surface area contributed by atoms with E-state index in [1.54, 1.807) is 6.07 Å². The summed E-state index contributed by atoms with van der Waals surface area (Å²) in [5.41, 5.74) is 1.60. The minimum absolute atomic E-state index is 0.0776. The maximum Gasteiger partial charge on any atom is 0.401 e. The van der Waals surface area contributed by atoms with Crippen LogP contribution in [0.15, 0.2) is 16.6 Å². The largest absolute Gasteiger partial charge is 0.401 e. The zero-order valence-electron chi connectivity index (χ0n) is 11.6. The summed E-state index contributed by atoms with van der Waals surface area (Å²) in [4.78, 5) is 1.41. The fourth-order valence-corrected chi connectivity index (χ4v) is 2.97. The van der Waals surface area contributed by atoms with Crippen LogP contribution in [0, 0.1) is 12.7 Å². The molecule has 0 atom stereocenters. The van der Waals surface area contributed by atoms with Crippen molar-refractivity contribution in [1.82, 2.24) is 4.90 Å². The molecular formula is C14H17BrF4N2. The Morgan fingerprint density at radius 1 is 1.29 bits per heavy atom. The third kappa shape index (κ3) is 4.85. The quantitative estimate of drug-likeness (QED) is 0.798. The van der Waals surface area contributed by atoms with Gasteiger partial charge in [0.25, 0.3) is 0 Å². The van der Waals surface area contributed by atoms with Gasteiger partial charge in [-0.3, -0.25) is 4.90 Å². The summed E-state index contributed by atoms with van der Waals surface area (Å²) in [5.74, 6) is -0.349. The summed E-state index contributed by atoms with van der Waals surface area (Å²) < 4.78 is 50.9. The zero-order valence-corrected chi connectivity index (χ0v) is 13.2. The SMILES string of the molecule is Cc1cc(Br)c(F)cc1NC1CCN(CC(F)(F)F)CC1. The second-order valence-corrected chi connectivity index (χ2v) is 6.25. The van der Waals surface area contributed by atoms with E-state index in [2.05, 4.69) is 21.2 Å². The fourth-order valence-electron chi connectivity index (χ4n) is 2.51. The number of likely N-dealkylation sites (tertiary alicyclic amines) is 1. The molecule has 2 rings (SSSR count). The molecule has 1 saturated heterocycles. The van der Waals surface area contributed by atoms with Crippen LogP contribution in [0.1, 0.15) is 18.4 Å². The van der Waals surface area contributed by atoms with Crippen LogP contribution in [0.2, 0.25) is 0 Å². The Morgan fingerprint density at radius 3 is 2.48 bits per heavy atom. The molecule has 1 aromatic rings. The molecule has 7 heteroatoms. The van der Waals surface area contributed by atoms with Gasteiger partial charge in [-0.05, 0) is 53.4 Å². The highest BCUT2D eigenvalue weighted by Crippen LogP contribution is 2.26. The van der Waals surface area contributed by atoms with E-state index in [4.69, 9.17) is 0 Å². The van der Waals surface area contributed by atoms with E-state index in [1.165, 1.54) is 11.0 Å². The molecule has 0 aliphatic carbocycles. The van der Waals surface area contributed by atoms with E-state index in [-0.39, 0.29) is 11.9 Å². The Morgan fingerprint density at radius 2 is 1.90 bits per heavy atom. The highest BCUT2D eigenvalue weighted by molar-refractivity contribution is 9.10. The highest BCUT2D eigenvalue weighted by Gasteiger charge is 2.32. The standard InChI is InChI=1S/C14H17BrF4N2/c1-9-6-11(15)12(16)7-13(9)20-10-2-4-21(5-3-10)8-14(17,18)19/h6-7,10,20H,2-5,8H2,1H3. The van der Waals surface area contributed by atoms with Crippen LogP contribution in [-0.2, 0) is 0 Å². The van der Waals surface area contributed by atoms with Crippen LogP contribution >= 0.6 is 15.9 Å². The van der Waals surface area contributed by atoms with Gasteiger partial charge >= 0.3 is 6.18 Å². The van der Waals surface area contributed by atoms with Gasteiger partial charge in [-0.15, -0.1) is 0 Å². The second-order valence-electron chi connectivity index (χ2n) is 5.39. The van der Waals surface area contributed by atoms with E-state index in [9.17, 15) is 17.6 Å². The lowest BCUT2D eigenvalue weighted by Gasteiger charge is -2.33. The zero-order chi connectivity index (χ0) is 15.6. The predicted molar refractivity (Wildman–Crippen MR) is 78.0 cm³/mol. The normalized spacial score (nSPS) is 18.0. The molecule has 1 N–H and O–H groups in total. The molecule has 0 spiro atoms. The molecule has 118 valence electrons. The Balaban J connectivity index is 1.91. The monoisotopic (exact) mass is 368 g/mol. The smallest absolute Gasteiger partial charge is 0.382 e. The minimum Gasteiger partial charge on any atom is -0.382 e. The van der Waals surface area contributed by atoms with Crippen molar-refractivity contribution in [2.24, 2.45) is 0 Å². The molecule has 0 radical (unpaired) electrons. The van der Waals surface area contributed by atoms with Crippen LogP contribution in [0.25, 0.3) is 0 Å². The Bertz CT molecular complexity index is 496. The summed E-state index contributed by atoms with van der Waals surface area (Å²) >= 11 is 3.13. The summed E-state index contributed by atoms with van der Waals surface area (Å²) in [6.07, 6.45) is -2.91. The van der Waals surface area contributed by atoms with E-state index in [0.29, 0.717) is 36.1 Å². The van der Waals surface area contributed by atoms with Crippen molar-refractivity contribution in [3.63, 3.8) is 0 Å². The lowest BCUT2D eigenvalue weighted by atomic mass is 10.0. The van der Waals surface area contributed by atoms with Gasteiger partial charge < -0.3 is 5.32 Å². The average molecular weight is 369 g/mol. The van der Waals surface area contributed by atoms with E-state index in [1.807, 2.05) is 6.92 Å². The van der Waals surface area contributed by atoms with Gasteiger partial charge in [0.1, 0.15) is 5.82 Å². The predicted octanol–water partition coefficient (Wildman–Crippen LogP) is 4.34.